The number of hydrogen-bond donors (Lipinski definition) is 2. The van der Waals surface area contributed by atoms with E-state index in [0.717, 1.165) is 29.5 Å². The fraction of sp³-hybridized carbons (Fsp3) is 1.00. The van der Waals surface area contributed by atoms with E-state index in [1.165, 1.54) is 70.6 Å². The molecule has 0 aliphatic heterocycles. The van der Waals surface area contributed by atoms with E-state index in [2.05, 4.69) is 52.7 Å². The Morgan fingerprint density at radius 2 is 1.35 bits per heavy atom. The molecule has 4 atom stereocenters. The highest BCUT2D eigenvalue weighted by molar-refractivity contribution is 7.80. The van der Waals surface area contributed by atoms with Gasteiger partial charge in [-0.25, -0.2) is 0 Å². The van der Waals surface area contributed by atoms with Crippen LogP contribution in [0.5, 0.6) is 0 Å². The summed E-state index contributed by atoms with van der Waals surface area (Å²) < 4.78 is 0. The number of unbranched alkanes of at least 4 members (excludes halogenated alkanes) is 2. The molecule has 1 N–H and O–H groups in total. The Balaban J connectivity index is 3.68. The summed E-state index contributed by atoms with van der Waals surface area (Å²) in [5.74, 6) is 3.59. The molecule has 2 heteroatoms. The molecule has 1 nitrogen and oxygen atoms in total. The van der Waals surface area contributed by atoms with E-state index in [4.69, 9.17) is 0 Å². The van der Waals surface area contributed by atoms with E-state index in [9.17, 15) is 0 Å². The fourth-order valence-electron chi connectivity index (χ4n) is 3.59. The number of hydrogen-bond acceptors (Lipinski definition) is 2. The molecule has 0 bridgehead atoms. The normalized spacial score (nSPS) is 17.0. The van der Waals surface area contributed by atoms with Crippen LogP contribution < -0.4 is 5.32 Å². The topological polar surface area (TPSA) is 12.0 Å². The second-order valence-corrected chi connectivity index (χ2v) is 8.44. The lowest BCUT2D eigenvalue weighted by Crippen LogP contribution is -2.27. The molecule has 0 aromatic carbocycles. The standard InChI is InChI=1S/C21H45NS/c1-6-11-18(2)12-8-7-9-15-21(22-5)16-19(3)13-10-14-20(4)17-23/h18-23H,6-17H2,1-5H3. The van der Waals surface area contributed by atoms with Crippen molar-refractivity contribution < 1.29 is 0 Å². The van der Waals surface area contributed by atoms with Gasteiger partial charge in [0.1, 0.15) is 0 Å². The van der Waals surface area contributed by atoms with Crippen LogP contribution in [-0.4, -0.2) is 18.8 Å². The van der Waals surface area contributed by atoms with Crippen LogP contribution >= 0.6 is 12.6 Å². The van der Waals surface area contributed by atoms with E-state index in [-0.39, 0.29) is 0 Å². The largest absolute Gasteiger partial charge is 0.317 e. The molecule has 0 saturated carbocycles. The van der Waals surface area contributed by atoms with Crippen LogP contribution in [0.3, 0.4) is 0 Å². The van der Waals surface area contributed by atoms with Gasteiger partial charge in [-0.2, -0.15) is 12.6 Å². The third-order valence-electron chi connectivity index (χ3n) is 5.33. The predicted octanol–water partition coefficient (Wildman–Crippen LogP) is 6.72. The molecule has 0 aromatic rings. The van der Waals surface area contributed by atoms with Gasteiger partial charge < -0.3 is 5.32 Å². The summed E-state index contributed by atoms with van der Waals surface area (Å²) in [6.07, 6.45) is 15.2. The van der Waals surface area contributed by atoms with Gasteiger partial charge in [0.15, 0.2) is 0 Å². The van der Waals surface area contributed by atoms with Crippen LogP contribution in [0.4, 0.5) is 0 Å². The Bertz CT molecular complexity index is 244. The van der Waals surface area contributed by atoms with Gasteiger partial charge >= 0.3 is 0 Å². The summed E-state index contributed by atoms with van der Waals surface area (Å²) in [7, 11) is 2.14. The molecule has 0 spiro atoms. The molecular weight excluding hydrogens is 298 g/mol. The van der Waals surface area contributed by atoms with E-state index >= 15 is 0 Å². The molecule has 0 fully saturated rings. The quantitative estimate of drug-likeness (QED) is 0.234. The number of rotatable bonds is 16. The molecule has 0 aromatic heterocycles. The second kappa shape index (κ2) is 15.8. The maximum atomic E-state index is 4.38. The molecule has 0 radical (unpaired) electrons. The van der Waals surface area contributed by atoms with Crippen molar-refractivity contribution in [3.05, 3.63) is 0 Å². The summed E-state index contributed by atoms with van der Waals surface area (Å²) in [6, 6.07) is 0.723. The lowest BCUT2D eigenvalue weighted by Gasteiger charge is -2.21. The maximum Gasteiger partial charge on any atom is 0.00666 e. The van der Waals surface area contributed by atoms with Crippen LogP contribution in [0.1, 0.15) is 98.3 Å². The molecule has 0 aliphatic carbocycles. The second-order valence-electron chi connectivity index (χ2n) is 8.08. The van der Waals surface area contributed by atoms with Crippen molar-refractivity contribution in [2.24, 2.45) is 17.8 Å². The Morgan fingerprint density at radius 3 is 1.96 bits per heavy atom. The molecule has 4 unspecified atom stereocenters. The zero-order valence-electron chi connectivity index (χ0n) is 16.7. The summed E-state index contributed by atoms with van der Waals surface area (Å²) >= 11 is 4.38. The monoisotopic (exact) mass is 343 g/mol. The molecule has 0 rings (SSSR count). The molecule has 23 heavy (non-hydrogen) atoms. The van der Waals surface area contributed by atoms with Crippen molar-refractivity contribution in [3.63, 3.8) is 0 Å². The smallest absolute Gasteiger partial charge is 0.00666 e. The van der Waals surface area contributed by atoms with Gasteiger partial charge in [-0.3, -0.25) is 0 Å². The molecule has 0 saturated heterocycles. The summed E-state index contributed by atoms with van der Waals surface area (Å²) in [5.41, 5.74) is 0. The van der Waals surface area contributed by atoms with Crippen molar-refractivity contribution in [1.29, 1.82) is 0 Å². The molecule has 0 aliphatic rings. The summed E-state index contributed by atoms with van der Waals surface area (Å²) in [5, 5.41) is 3.55. The SMILES string of the molecule is CCCC(C)CCCCCC(CC(C)CCCC(C)CS)NC. The first kappa shape index (κ1) is 23.3. The zero-order chi connectivity index (χ0) is 17.5. The van der Waals surface area contributed by atoms with E-state index in [1.54, 1.807) is 0 Å². The van der Waals surface area contributed by atoms with Crippen molar-refractivity contribution in [1.82, 2.24) is 5.32 Å². The average Bonchev–Trinajstić information content (AvgIpc) is 2.53. The van der Waals surface area contributed by atoms with Crippen LogP contribution in [0.25, 0.3) is 0 Å². The first-order valence-corrected chi connectivity index (χ1v) is 10.9. The molecule has 0 heterocycles. The van der Waals surface area contributed by atoms with Gasteiger partial charge in [0.25, 0.3) is 0 Å². The highest BCUT2D eigenvalue weighted by atomic mass is 32.1. The highest BCUT2D eigenvalue weighted by Gasteiger charge is 2.12. The van der Waals surface area contributed by atoms with Crippen LogP contribution in [0.2, 0.25) is 0 Å². The van der Waals surface area contributed by atoms with Crippen molar-refractivity contribution in [2.75, 3.05) is 12.8 Å². The van der Waals surface area contributed by atoms with Gasteiger partial charge in [-0.05, 0) is 49.8 Å². The van der Waals surface area contributed by atoms with Gasteiger partial charge in [0.05, 0.1) is 0 Å². The van der Waals surface area contributed by atoms with Crippen molar-refractivity contribution in [2.45, 2.75) is 104 Å². The van der Waals surface area contributed by atoms with Crippen molar-refractivity contribution in [3.8, 4) is 0 Å². The summed E-state index contributed by atoms with van der Waals surface area (Å²) in [6.45, 7) is 9.46. The predicted molar refractivity (Wildman–Crippen MR) is 111 cm³/mol. The first-order chi connectivity index (χ1) is 11.0. The summed E-state index contributed by atoms with van der Waals surface area (Å²) in [4.78, 5) is 0. The minimum Gasteiger partial charge on any atom is -0.317 e. The number of thiol groups is 1. The van der Waals surface area contributed by atoms with Crippen molar-refractivity contribution >= 4 is 12.6 Å². The van der Waals surface area contributed by atoms with Crippen LogP contribution in [-0.2, 0) is 0 Å². The minimum atomic E-state index is 0.723. The van der Waals surface area contributed by atoms with Crippen LogP contribution in [0.15, 0.2) is 0 Å². The van der Waals surface area contributed by atoms with Gasteiger partial charge in [-0.15, -0.1) is 0 Å². The third-order valence-corrected chi connectivity index (χ3v) is 5.95. The average molecular weight is 344 g/mol. The molecule has 0 amide bonds. The zero-order valence-corrected chi connectivity index (χ0v) is 17.6. The molecular formula is C21H45NS. The Kier molecular flexibility index (Phi) is 16.0. The Labute approximate surface area is 153 Å². The third kappa shape index (κ3) is 14.4. The van der Waals surface area contributed by atoms with Gasteiger partial charge in [0, 0.05) is 6.04 Å². The Hall–Kier alpha value is 0.310. The fourth-order valence-corrected chi connectivity index (χ4v) is 3.77. The van der Waals surface area contributed by atoms with E-state index in [1.807, 2.05) is 0 Å². The first-order valence-electron chi connectivity index (χ1n) is 10.3. The molecule has 140 valence electrons. The van der Waals surface area contributed by atoms with Gasteiger partial charge in [0.2, 0.25) is 0 Å². The highest BCUT2D eigenvalue weighted by Crippen LogP contribution is 2.20. The Morgan fingerprint density at radius 1 is 0.739 bits per heavy atom. The van der Waals surface area contributed by atoms with Gasteiger partial charge in [-0.1, -0.05) is 79.1 Å². The lowest BCUT2D eigenvalue weighted by atomic mass is 9.91. The lowest BCUT2D eigenvalue weighted by molar-refractivity contribution is 0.358. The number of nitrogens with one attached hydrogen (secondary N) is 1. The maximum absolute atomic E-state index is 4.38. The van der Waals surface area contributed by atoms with Crippen LogP contribution in [0, 0.1) is 17.8 Å². The van der Waals surface area contributed by atoms with E-state index < -0.39 is 0 Å². The van der Waals surface area contributed by atoms with E-state index in [0.29, 0.717) is 0 Å². The minimum absolute atomic E-state index is 0.723.